The SMILES string of the molecule is CC(Cl)c1nc2cnccc2n1C(C)Cc1ccco1. The van der Waals surface area contributed by atoms with Crippen molar-refractivity contribution in [3.8, 4) is 0 Å². The fourth-order valence-corrected chi connectivity index (χ4v) is 2.68. The number of nitrogens with zero attached hydrogens (tertiary/aromatic N) is 3. The highest BCUT2D eigenvalue weighted by Crippen LogP contribution is 2.29. The molecule has 0 aliphatic rings. The predicted octanol–water partition coefficient (Wildman–Crippen LogP) is 4.13. The summed E-state index contributed by atoms with van der Waals surface area (Å²) < 4.78 is 7.61. The highest BCUT2D eigenvalue weighted by molar-refractivity contribution is 6.20. The Kier molecular flexibility index (Phi) is 3.49. The lowest BCUT2D eigenvalue weighted by molar-refractivity contribution is 0.447. The molecule has 3 aromatic rings. The number of furan rings is 1. The van der Waals surface area contributed by atoms with Gasteiger partial charge in [-0.05, 0) is 32.0 Å². The van der Waals surface area contributed by atoms with Crippen molar-refractivity contribution in [2.75, 3.05) is 0 Å². The highest BCUT2D eigenvalue weighted by Gasteiger charge is 2.19. The lowest BCUT2D eigenvalue weighted by Gasteiger charge is -2.17. The Bertz CT molecular complexity index is 703. The second kappa shape index (κ2) is 5.29. The molecular formula is C15H16ClN3O. The van der Waals surface area contributed by atoms with Crippen molar-refractivity contribution in [2.24, 2.45) is 0 Å². The molecule has 3 aromatic heterocycles. The first-order chi connectivity index (χ1) is 9.66. The zero-order valence-electron chi connectivity index (χ0n) is 11.5. The monoisotopic (exact) mass is 289 g/mol. The summed E-state index contributed by atoms with van der Waals surface area (Å²) in [4.78, 5) is 8.72. The van der Waals surface area contributed by atoms with Crippen LogP contribution < -0.4 is 0 Å². The lowest BCUT2D eigenvalue weighted by Crippen LogP contribution is -2.12. The van der Waals surface area contributed by atoms with Gasteiger partial charge in [-0.15, -0.1) is 11.6 Å². The second-order valence-electron chi connectivity index (χ2n) is 4.95. The minimum atomic E-state index is -0.151. The number of fused-ring (bicyclic) bond motifs is 1. The van der Waals surface area contributed by atoms with Gasteiger partial charge in [-0.25, -0.2) is 4.98 Å². The summed E-state index contributed by atoms with van der Waals surface area (Å²) in [5, 5.41) is -0.151. The highest BCUT2D eigenvalue weighted by atomic mass is 35.5. The van der Waals surface area contributed by atoms with Gasteiger partial charge in [0.15, 0.2) is 0 Å². The molecule has 0 saturated heterocycles. The van der Waals surface area contributed by atoms with Crippen LogP contribution in [-0.4, -0.2) is 14.5 Å². The summed E-state index contributed by atoms with van der Waals surface area (Å²) >= 11 is 6.28. The third-order valence-corrected chi connectivity index (χ3v) is 3.59. The van der Waals surface area contributed by atoms with E-state index >= 15 is 0 Å². The number of hydrogen-bond acceptors (Lipinski definition) is 3. The van der Waals surface area contributed by atoms with E-state index in [0.717, 1.165) is 29.0 Å². The molecule has 20 heavy (non-hydrogen) atoms. The van der Waals surface area contributed by atoms with Gasteiger partial charge in [0.25, 0.3) is 0 Å². The van der Waals surface area contributed by atoms with E-state index in [4.69, 9.17) is 16.0 Å². The van der Waals surface area contributed by atoms with Gasteiger partial charge in [0.2, 0.25) is 0 Å². The molecule has 0 amide bonds. The summed E-state index contributed by atoms with van der Waals surface area (Å²) in [6.07, 6.45) is 6.05. The number of imidazole rings is 1. The molecule has 0 saturated carbocycles. The first-order valence-electron chi connectivity index (χ1n) is 6.65. The summed E-state index contributed by atoms with van der Waals surface area (Å²) in [5.41, 5.74) is 1.93. The summed E-state index contributed by atoms with van der Waals surface area (Å²) in [6.45, 7) is 4.08. The molecule has 0 bridgehead atoms. The predicted molar refractivity (Wildman–Crippen MR) is 78.9 cm³/mol. The number of aromatic nitrogens is 3. The van der Waals surface area contributed by atoms with E-state index in [1.165, 1.54) is 0 Å². The quantitative estimate of drug-likeness (QED) is 0.678. The Morgan fingerprint density at radius 2 is 2.20 bits per heavy atom. The molecule has 0 spiro atoms. The third kappa shape index (κ3) is 2.31. The smallest absolute Gasteiger partial charge is 0.128 e. The van der Waals surface area contributed by atoms with Crippen LogP contribution in [0.1, 0.15) is 36.9 Å². The van der Waals surface area contributed by atoms with Gasteiger partial charge < -0.3 is 8.98 Å². The molecule has 0 aliphatic heterocycles. The minimum absolute atomic E-state index is 0.151. The molecule has 4 nitrogen and oxygen atoms in total. The van der Waals surface area contributed by atoms with Crippen LogP contribution in [0.25, 0.3) is 11.0 Å². The van der Waals surface area contributed by atoms with Gasteiger partial charge in [-0.3, -0.25) is 4.98 Å². The normalized spacial score (nSPS) is 14.6. The molecule has 2 unspecified atom stereocenters. The molecular weight excluding hydrogens is 274 g/mol. The van der Waals surface area contributed by atoms with Crippen LogP contribution >= 0.6 is 11.6 Å². The molecule has 3 rings (SSSR count). The van der Waals surface area contributed by atoms with Gasteiger partial charge in [-0.2, -0.15) is 0 Å². The van der Waals surface area contributed by atoms with Crippen molar-refractivity contribution in [1.82, 2.24) is 14.5 Å². The zero-order chi connectivity index (χ0) is 14.1. The van der Waals surface area contributed by atoms with Crippen LogP contribution in [0.4, 0.5) is 0 Å². The summed E-state index contributed by atoms with van der Waals surface area (Å²) in [7, 11) is 0. The number of hydrogen-bond donors (Lipinski definition) is 0. The minimum Gasteiger partial charge on any atom is -0.469 e. The number of pyridine rings is 1. The maximum Gasteiger partial charge on any atom is 0.128 e. The third-order valence-electron chi connectivity index (χ3n) is 3.39. The molecule has 0 fully saturated rings. The lowest BCUT2D eigenvalue weighted by atomic mass is 10.2. The number of rotatable bonds is 4. The van der Waals surface area contributed by atoms with E-state index in [2.05, 4.69) is 21.5 Å². The van der Waals surface area contributed by atoms with E-state index in [0.29, 0.717) is 0 Å². The van der Waals surface area contributed by atoms with Crippen LogP contribution in [-0.2, 0) is 6.42 Å². The average molecular weight is 290 g/mol. The fourth-order valence-electron chi connectivity index (χ4n) is 2.52. The molecule has 104 valence electrons. The Hall–Kier alpha value is -1.81. The Morgan fingerprint density at radius 1 is 1.35 bits per heavy atom. The summed E-state index contributed by atoms with van der Waals surface area (Å²) in [5.74, 6) is 1.83. The van der Waals surface area contributed by atoms with Gasteiger partial charge in [0, 0.05) is 18.7 Å². The topological polar surface area (TPSA) is 43.9 Å². The van der Waals surface area contributed by atoms with Crippen molar-refractivity contribution in [3.05, 3.63) is 48.4 Å². The standard InChI is InChI=1S/C15H16ClN3O/c1-10(8-12-4-3-7-20-12)19-14-5-6-17-9-13(14)18-15(19)11(2)16/h3-7,9-11H,8H2,1-2H3. The maximum absolute atomic E-state index is 6.28. The Labute approximate surface area is 122 Å². The van der Waals surface area contributed by atoms with Gasteiger partial charge in [-0.1, -0.05) is 0 Å². The van der Waals surface area contributed by atoms with Crippen molar-refractivity contribution in [2.45, 2.75) is 31.7 Å². The molecule has 0 radical (unpaired) electrons. The van der Waals surface area contributed by atoms with Crippen molar-refractivity contribution in [3.63, 3.8) is 0 Å². The van der Waals surface area contributed by atoms with E-state index in [-0.39, 0.29) is 11.4 Å². The summed E-state index contributed by atoms with van der Waals surface area (Å²) in [6, 6.07) is 6.08. The van der Waals surface area contributed by atoms with Gasteiger partial charge >= 0.3 is 0 Å². The Morgan fingerprint density at radius 3 is 2.90 bits per heavy atom. The van der Waals surface area contributed by atoms with Crippen LogP contribution in [0.5, 0.6) is 0 Å². The van der Waals surface area contributed by atoms with Crippen molar-refractivity contribution in [1.29, 1.82) is 0 Å². The zero-order valence-corrected chi connectivity index (χ0v) is 12.2. The molecule has 0 N–H and O–H groups in total. The van der Waals surface area contributed by atoms with Crippen molar-refractivity contribution >= 4 is 22.6 Å². The number of alkyl halides is 1. The maximum atomic E-state index is 6.28. The van der Waals surface area contributed by atoms with E-state index in [9.17, 15) is 0 Å². The molecule has 5 heteroatoms. The molecule has 0 aromatic carbocycles. The largest absolute Gasteiger partial charge is 0.469 e. The fraction of sp³-hybridized carbons (Fsp3) is 0.333. The first-order valence-corrected chi connectivity index (χ1v) is 7.08. The van der Waals surface area contributed by atoms with Crippen LogP contribution in [0.3, 0.4) is 0 Å². The second-order valence-corrected chi connectivity index (χ2v) is 5.61. The van der Waals surface area contributed by atoms with Crippen LogP contribution in [0.15, 0.2) is 41.3 Å². The molecule has 0 aliphatic carbocycles. The van der Waals surface area contributed by atoms with Crippen LogP contribution in [0.2, 0.25) is 0 Å². The molecule has 2 atom stereocenters. The average Bonchev–Trinajstić information content (AvgIpc) is 3.04. The number of halogens is 1. The van der Waals surface area contributed by atoms with E-state index in [1.54, 1.807) is 18.7 Å². The molecule has 3 heterocycles. The van der Waals surface area contributed by atoms with Crippen molar-refractivity contribution < 1.29 is 4.42 Å². The van der Waals surface area contributed by atoms with Gasteiger partial charge in [0.05, 0.1) is 23.4 Å². The van der Waals surface area contributed by atoms with Gasteiger partial charge in [0.1, 0.15) is 17.1 Å². The van der Waals surface area contributed by atoms with E-state index < -0.39 is 0 Å². The first kappa shape index (κ1) is 13.2. The van der Waals surface area contributed by atoms with E-state index in [1.807, 2.05) is 25.1 Å². The van der Waals surface area contributed by atoms with Crippen LogP contribution in [0, 0.1) is 0 Å². The Balaban J connectivity index is 2.06.